The maximum Gasteiger partial charge on any atom is 0.272 e. The van der Waals surface area contributed by atoms with Crippen LogP contribution in [0.5, 0.6) is 0 Å². The fourth-order valence-corrected chi connectivity index (χ4v) is 2.83. The number of thiazole rings is 1. The van der Waals surface area contributed by atoms with Crippen molar-refractivity contribution in [3.05, 3.63) is 29.0 Å². The Hall–Kier alpha value is -1.89. The standard InChI is InChI=1S/C12H15N5OS/c1-8-7-19-12(13-8)17-5-9(6-17)14-11(18)10-3-4-16(2)15-10/h3-4,7,9H,5-6H2,1-2H3,(H,14,18). The Bertz CT molecular complexity index is 599. The highest BCUT2D eigenvalue weighted by Crippen LogP contribution is 2.24. The van der Waals surface area contributed by atoms with E-state index >= 15 is 0 Å². The van der Waals surface area contributed by atoms with Gasteiger partial charge in [0.15, 0.2) is 5.13 Å². The highest BCUT2D eigenvalue weighted by Gasteiger charge is 2.30. The molecular formula is C12H15N5OS. The minimum absolute atomic E-state index is 0.111. The Morgan fingerprint density at radius 3 is 2.89 bits per heavy atom. The van der Waals surface area contributed by atoms with Crippen LogP contribution in [0.2, 0.25) is 0 Å². The summed E-state index contributed by atoms with van der Waals surface area (Å²) < 4.78 is 1.63. The minimum atomic E-state index is -0.111. The number of anilines is 1. The summed E-state index contributed by atoms with van der Waals surface area (Å²) in [6, 6.07) is 1.90. The topological polar surface area (TPSA) is 63.1 Å². The van der Waals surface area contributed by atoms with Gasteiger partial charge in [0.1, 0.15) is 5.69 Å². The Balaban J connectivity index is 1.53. The normalized spacial score (nSPS) is 15.4. The van der Waals surface area contributed by atoms with Crippen LogP contribution in [0.3, 0.4) is 0 Å². The maximum absolute atomic E-state index is 11.9. The van der Waals surface area contributed by atoms with Crippen molar-refractivity contribution in [3.63, 3.8) is 0 Å². The van der Waals surface area contributed by atoms with E-state index in [1.165, 1.54) is 0 Å². The van der Waals surface area contributed by atoms with Gasteiger partial charge in [-0.2, -0.15) is 5.10 Å². The molecule has 1 fully saturated rings. The lowest BCUT2D eigenvalue weighted by Gasteiger charge is -2.39. The Labute approximate surface area is 115 Å². The van der Waals surface area contributed by atoms with Crippen molar-refractivity contribution >= 4 is 22.4 Å². The van der Waals surface area contributed by atoms with Crippen LogP contribution in [0, 0.1) is 6.92 Å². The summed E-state index contributed by atoms with van der Waals surface area (Å²) in [5, 5.41) is 10.1. The summed E-state index contributed by atoms with van der Waals surface area (Å²) in [7, 11) is 1.80. The predicted molar refractivity (Wildman–Crippen MR) is 73.5 cm³/mol. The molecule has 6 nitrogen and oxygen atoms in total. The summed E-state index contributed by atoms with van der Waals surface area (Å²) in [5.41, 5.74) is 1.51. The van der Waals surface area contributed by atoms with E-state index in [9.17, 15) is 4.79 Å². The quantitative estimate of drug-likeness (QED) is 0.901. The molecule has 2 aromatic rings. The zero-order valence-electron chi connectivity index (χ0n) is 10.8. The van der Waals surface area contributed by atoms with Gasteiger partial charge in [0.05, 0.1) is 11.7 Å². The van der Waals surface area contributed by atoms with Crippen molar-refractivity contribution in [1.82, 2.24) is 20.1 Å². The third-order valence-corrected chi connectivity index (χ3v) is 4.06. The number of carbonyl (C=O) groups is 1. The van der Waals surface area contributed by atoms with Gasteiger partial charge in [0.25, 0.3) is 5.91 Å². The number of rotatable bonds is 3. The van der Waals surface area contributed by atoms with Crippen LogP contribution < -0.4 is 10.2 Å². The lowest BCUT2D eigenvalue weighted by molar-refractivity contribution is 0.0924. The molecule has 3 heterocycles. The maximum atomic E-state index is 11.9. The van der Waals surface area contributed by atoms with Crippen molar-refractivity contribution in [2.24, 2.45) is 7.05 Å². The average molecular weight is 277 g/mol. The van der Waals surface area contributed by atoms with Gasteiger partial charge in [0.2, 0.25) is 0 Å². The van der Waals surface area contributed by atoms with Crippen molar-refractivity contribution < 1.29 is 4.79 Å². The van der Waals surface area contributed by atoms with Crippen molar-refractivity contribution in [2.45, 2.75) is 13.0 Å². The van der Waals surface area contributed by atoms with E-state index in [0.717, 1.165) is 23.9 Å². The molecule has 0 aliphatic carbocycles. The molecule has 1 saturated heterocycles. The molecule has 0 saturated carbocycles. The summed E-state index contributed by atoms with van der Waals surface area (Å²) in [6.45, 7) is 3.61. The van der Waals surface area contributed by atoms with Crippen molar-refractivity contribution in [1.29, 1.82) is 0 Å². The van der Waals surface area contributed by atoms with E-state index in [0.29, 0.717) is 5.69 Å². The molecule has 2 aromatic heterocycles. The molecule has 1 aliphatic heterocycles. The molecule has 1 N–H and O–H groups in total. The largest absolute Gasteiger partial charge is 0.344 e. The Morgan fingerprint density at radius 2 is 2.32 bits per heavy atom. The van der Waals surface area contributed by atoms with Crippen LogP contribution in [0.15, 0.2) is 17.6 Å². The lowest BCUT2D eigenvalue weighted by atomic mass is 10.1. The number of aryl methyl sites for hydroxylation is 2. The first-order chi connectivity index (χ1) is 9.11. The number of carbonyl (C=O) groups excluding carboxylic acids is 1. The zero-order chi connectivity index (χ0) is 13.4. The summed E-state index contributed by atoms with van der Waals surface area (Å²) in [4.78, 5) is 18.5. The third kappa shape index (κ3) is 2.46. The first-order valence-electron chi connectivity index (χ1n) is 6.09. The second-order valence-electron chi connectivity index (χ2n) is 4.72. The van der Waals surface area contributed by atoms with Gasteiger partial charge in [-0.25, -0.2) is 4.98 Å². The van der Waals surface area contributed by atoms with E-state index in [-0.39, 0.29) is 11.9 Å². The van der Waals surface area contributed by atoms with Gasteiger partial charge in [-0.05, 0) is 13.0 Å². The van der Waals surface area contributed by atoms with Gasteiger partial charge in [-0.3, -0.25) is 9.48 Å². The van der Waals surface area contributed by atoms with Gasteiger partial charge in [-0.15, -0.1) is 11.3 Å². The molecule has 0 radical (unpaired) electrons. The molecule has 7 heteroatoms. The van der Waals surface area contributed by atoms with Crippen LogP contribution in [0.4, 0.5) is 5.13 Å². The SMILES string of the molecule is Cc1csc(N2CC(NC(=O)c3ccn(C)n3)C2)n1. The Kier molecular flexibility index (Phi) is 2.98. The number of amides is 1. The molecule has 0 bridgehead atoms. The van der Waals surface area contributed by atoms with Crippen LogP contribution in [-0.2, 0) is 7.05 Å². The van der Waals surface area contributed by atoms with E-state index in [1.807, 2.05) is 12.3 Å². The first-order valence-corrected chi connectivity index (χ1v) is 6.97. The number of nitrogens with one attached hydrogen (secondary N) is 1. The van der Waals surface area contributed by atoms with Crippen LogP contribution in [0.25, 0.3) is 0 Å². The molecule has 0 unspecified atom stereocenters. The van der Waals surface area contributed by atoms with Crippen LogP contribution >= 0.6 is 11.3 Å². The van der Waals surface area contributed by atoms with Crippen LogP contribution in [0.1, 0.15) is 16.2 Å². The molecule has 19 heavy (non-hydrogen) atoms. The molecule has 0 atom stereocenters. The van der Waals surface area contributed by atoms with E-state index < -0.39 is 0 Å². The number of hydrogen-bond donors (Lipinski definition) is 1. The van der Waals surface area contributed by atoms with E-state index in [4.69, 9.17) is 0 Å². The highest BCUT2D eigenvalue weighted by molar-refractivity contribution is 7.13. The first kappa shape index (κ1) is 12.2. The number of nitrogens with zero attached hydrogens (tertiary/aromatic N) is 4. The molecule has 100 valence electrons. The predicted octanol–water partition coefficient (Wildman–Crippen LogP) is 0.804. The zero-order valence-corrected chi connectivity index (χ0v) is 11.6. The Morgan fingerprint density at radius 1 is 1.53 bits per heavy atom. The van der Waals surface area contributed by atoms with E-state index in [1.54, 1.807) is 35.3 Å². The molecule has 0 aromatic carbocycles. The minimum Gasteiger partial charge on any atom is -0.344 e. The summed E-state index contributed by atoms with van der Waals surface area (Å²) >= 11 is 1.64. The summed E-state index contributed by atoms with van der Waals surface area (Å²) in [5.74, 6) is -0.111. The van der Waals surface area contributed by atoms with Crippen molar-refractivity contribution in [3.8, 4) is 0 Å². The van der Waals surface area contributed by atoms with Crippen LogP contribution in [-0.4, -0.2) is 39.8 Å². The summed E-state index contributed by atoms with van der Waals surface area (Å²) in [6.07, 6.45) is 1.76. The molecule has 0 spiro atoms. The number of hydrogen-bond acceptors (Lipinski definition) is 5. The average Bonchev–Trinajstić information content (AvgIpc) is 2.92. The fourth-order valence-electron chi connectivity index (χ4n) is 2.01. The highest BCUT2D eigenvalue weighted by atomic mass is 32.1. The second kappa shape index (κ2) is 4.65. The molecule has 3 rings (SSSR count). The number of aromatic nitrogens is 3. The van der Waals surface area contributed by atoms with E-state index in [2.05, 4.69) is 20.3 Å². The van der Waals surface area contributed by atoms with Crippen molar-refractivity contribution in [2.75, 3.05) is 18.0 Å². The molecule has 1 aliphatic rings. The second-order valence-corrected chi connectivity index (χ2v) is 5.56. The monoisotopic (exact) mass is 277 g/mol. The smallest absolute Gasteiger partial charge is 0.272 e. The third-order valence-electron chi connectivity index (χ3n) is 3.04. The van der Waals surface area contributed by atoms with Gasteiger partial charge in [0, 0.05) is 31.7 Å². The van der Waals surface area contributed by atoms with Gasteiger partial charge in [-0.1, -0.05) is 0 Å². The lowest BCUT2D eigenvalue weighted by Crippen LogP contribution is -2.59. The molecular weight excluding hydrogens is 262 g/mol. The van der Waals surface area contributed by atoms with Gasteiger partial charge < -0.3 is 10.2 Å². The van der Waals surface area contributed by atoms with Gasteiger partial charge >= 0.3 is 0 Å². The molecule has 1 amide bonds. The fraction of sp³-hybridized carbons (Fsp3) is 0.417.